The average molecular weight is 211 g/mol. The number of methoxy groups -OCH3 is 1. The minimum Gasteiger partial charge on any atom is -0.371 e. The Kier molecular flexibility index (Phi) is 2.62. The van der Waals surface area contributed by atoms with Gasteiger partial charge in [0.05, 0.1) is 5.69 Å². The van der Waals surface area contributed by atoms with E-state index in [9.17, 15) is 0 Å². The van der Waals surface area contributed by atoms with E-state index in [0.717, 1.165) is 17.3 Å². The minimum absolute atomic E-state index is 0.183. The zero-order valence-electron chi connectivity index (χ0n) is 9.04. The third-order valence-electron chi connectivity index (χ3n) is 3.10. The maximum Gasteiger partial charge on any atom is 0.125 e. The van der Waals surface area contributed by atoms with Crippen LogP contribution >= 0.6 is 11.3 Å². The summed E-state index contributed by atoms with van der Waals surface area (Å²) in [7, 11) is 1.77. The van der Waals surface area contributed by atoms with E-state index in [1.165, 1.54) is 18.5 Å². The van der Waals surface area contributed by atoms with Crippen molar-refractivity contribution in [3.8, 4) is 0 Å². The second-order valence-electron chi connectivity index (χ2n) is 4.14. The molecule has 2 nitrogen and oxygen atoms in total. The highest BCUT2D eigenvalue weighted by atomic mass is 32.1. The Balaban J connectivity index is 2.21. The van der Waals surface area contributed by atoms with Crippen molar-refractivity contribution in [3.05, 3.63) is 16.1 Å². The molecule has 1 aliphatic carbocycles. The summed E-state index contributed by atoms with van der Waals surface area (Å²) in [4.78, 5) is 4.68. The van der Waals surface area contributed by atoms with Crippen molar-refractivity contribution in [2.45, 2.75) is 44.6 Å². The molecule has 1 atom stereocenters. The van der Waals surface area contributed by atoms with Gasteiger partial charge in [0.15, 0.2) is 0 Å². The number of thiazole rings is 1. The van der Waals surface area contributed by atoms with Crippen LogP contribution in [0, 0.1) is 0 Å². The average Bonchev–Trinajstić information content (AvgIpc) is 2.95. The van der Waals surface area contributed by atoms with Crippen LogP contribution < -0.4 is 0 Å². The van der Waals surface area contributed by atoms with Gasteiger partial charge in [-0.1, -0.05) is 6.92 Å². The first-order chi connectivity index (χ1) is 6.69. The van der Waals surface area contributed by atoms with Crippen molar-refractivity contribution in [1.82, 2.24) is 4.98 Å². The van der Waals surface area contributed by atoms with E-state index in [-0.39, 0.29) is 5.60 Å². The first kappa shape index (κ1) is 10.1. The second kappa shape index (κ2) is 3.63. The summed E-state index contributed by atoms with van der Waals surface area (Å²) in [6.45, 7) is 4.25. The molecule has 1 heterocycles. The molecule has 0 aliphatic heterocycles. The summed E-state index contributed by atoms with van der Waals surface area (Å²) in [6, 6.07) is 0. The van der Waals surface area contributed by atoms with Crippen molar-refractivity contribution < 1.29 is 4.74 Å². The number of hydrogen-bond acceptors (Lipinski definition) is 3. The molecule has 1 aliphatic rings. The molecule has 0 saturated heterocycles. The molecule has 0 aromatic carbocycles. The van der Waals surface area contributed by atoms with E-state index in [4.69, 9.17) is 4.74 Å². The van der Waals surface area contributed by atoms with Gasteiger partial charge in [-0.2, -0.15) is 0 Å². The van der Waals surface area contributed by atoms with Gasteiger partial charge in [-0.25, -0.2) is 4.98 Å². The zero-order valence-corrected chi connectivity index (χ0v) is 9.86. The minimum atomic E-state index is -0.183. The molecule has 0 spiro atoms. The molecule has 0 N–H and O–H groups in total. The van der Waals surface area contributed by atoms with E-state index < -0.39 is 0 Å². The highest BCUT2D eigenvalue weighted by Gasteiger charge is 2.31. The Morgan fingerprint density at radius 1 is 1.64 bits per heavy atom. The van der Waals surface area contributed by atoms with Crippen LogP contribution in [0.15, 0.2) is 5.38 Å². The van der Waals surface area contributed by atoms with Crippen LogP contribution in [0.25, 0.3) is 0 Å². The highest BCUT2D eigenvalue weighted by Crippen LogP contribution is 2.42. The summed E-state index contributed by atoms with van der Waals surface area (Å²) in [5.41, 5.74) is 1.10. The molecule has 0 amide bonds. The summed E-state index contributed by atoms with van der Waals surface area (Å²) in [5, 5.41) is 3.32. The Bertz CT molecular complexity index is 313. The third kappa shape index (κ3) is 1.71. The molecular formula is C11H17NOS. The van der Waals surface area contributed by atoms with Crippen LogP contribution in [0.4, 0.5) is 0 Å². The standard InChI is InChI=1S/C11H17NOS/c1-4-11(2,13-3)10-12-9(7-14-10)8-5-6-8/h7-8H,4-6H2,1-3H3. The first-order valence-corrected chi connectivity index (χ1v) is 6.08. The quantitative estimate of drug-likeness (QED) is 0.762. The predicted octanol–water partition coefficient (Wildman–Crippen LogP) is 3.29. The van der Waals surface area contributed by atoms with E-state index in [1.54, 1.807) is 18.4 Å². The molecule has 2 rings (SSSR count). The van der Waals surface area contributed by atoms with Crippen LogP contribution in [-0.4, -0.2) is 12.1 Å². The lowest BCUT2D eigenvalue weighted by Gasteiger charge is -2.23. The van der Waals surface area contributed by atoms with Gasteiger partial charge in [-0.15, -0.1) is 11.3 Å². The van der Waals surface area contributed by atoms with Crippen molar-refractivity contribution in [3.63, 3.8) is 0 Å². The Hall–Kier alpha value is -0.410. The van der Waals surface area contributed by atoms with Crippen molar-refractivity contribution in [1.29, 1.82) is 0 Å². The molecule has 0 bridgehead atoms. The normalized spacial score (nSPS) is 20.8. The lowest BCUT2D eigenvalue weighted by molar-refractivity contribution is -0.00166. The zero-order chi connectivity index (χ0) is 10.2. The molecule has 0 radical (unpaired) electrons. The van der Waals surface area contributed by atoms with Crippen LogP contribution in [-0.2, 0) is 10.3 Å². The first-order valence-electron chi connectivity index (χ1n) is 5.20. The van der Waals surface area contributed by atoms with E-state index in [1.807, 2.05) is 0 Å². The number of nitrogens with zero attached hydrogens (tertiary/aromatic N) is 1. The number of ether oxygens (including phenoxy) is 1. The summed E-state index contributed by atoms with van der Waals surface area (Å²) in [5.74, 6) is 0.748. The highest BCUT2D eigenvalue weighted by molar-refractivity contribution is 7.09. The molecule has 78 valence electrons. The second-order valence-corrected chi connectivity index (χ2v) is 5.00. The van der Waals surface area contributed by atoms with Gasteiger partial charge >= 0.3 is 0 Å². The van der Waals surface area contributed by atoms with Gasteiger partial charge in [0.2, 0.25) is 0 Å². The SMILES string of the molecule is CCC(C)(OC)c1nc(C2CC2)cs1. The fourth-order valence-electron chi connectivity index (χ4n) is 1.48. The van der Waals surface area contributed by atoms with E-state index in [0.29, 0.717) is 0 Å². The summed E-state index contributed by atoms with van der Waals surface area (Å²) >= 11 is 1.74. The Morgan fingerprint density at radius 3 is 2.86 bits per heavy atom. The van der Waals surface area contributed by atoms with Gasteiger partial charge in [0, 0.05) is 18.4 Å². The molecular weight excluding hydrogens is 194 g/mol. The molecule has 1 saturated carbocycles. The lowest BCUT2D eigenvalue weighted by atomic mass is 10.1. The predicted molar refractivity (Wildman–Crippen MR) is 58.7 cm³/mol. The monoisotopic (exact) mass is 211 g/mol. The summed E-state index contributed by atoms with van der Waals surface area (Å²) < 4.78 is 5.53. The molecule has 1 unspecified atom stereocenters. The third-order valence-corrected chi connectivity index (χ3v) is 4.20. The maximum absolute atomic E-state index is 5.53. The fraction of sp³-hybridized carbons (Fsp3) is 0.727. The molecule has 1 aromatic heterocycles. The Labute approximate surface area is 89.3 Å². The van der Waals surface area contributed by atoms with Gasteiger partial charge in [-0.05, 0) is 26.2 Å². The molecule has 14 heavy (non-hydrogen) atoms. The topological polar surface area (TPSA) is 22.1 Å². The van der Waals surface area contributed by atoms with Gasteiger partial charge in [-0.3, -0.25) is 0 Å². The van der Waals surface area contributed by atoms with Crippen LogP contribution in [0.2, 0.25) is 0 Å². The van der Waals surface area contributed by atoms with Crippen molar-refractivity contribution in [2.24, 2.45) is 0 Å². The molecule has 1 aromatic rings. The van der Waals surface area contributed by atoms with Crippen LogP contribution in [0.5, 0.6) is 0 Å². The van der Waals surface area contributed by atoms with Crippen molar-refractivity contribution in [2.75, 3.05) is 7.11 Å². The Morgan fingerprint density at radius 2 is 2.36 bits per heavy atom. The largest absolute Gasteiger partial charge is 0.371 e. The summed E-state index contributed by atoms with van der Waals surface area (Å²) in [6.07, 6.45) is 3.61. The van der Waals surface area contributed by atoms with Crippen molar-refractivity contribution >= 4 is 11.3 Å². The number of rotatable bonds is 4. The lowest BCUT2D eigenvalue weighted by Crippen LogP contribution is -2.22. The number of aromatic nitrogens is 1. The maximum atomic E-state index is 5.53. The van der Waals surface area contributed by atoms with Crippen LogP contribution in [0.3, 0.4) is 0 Å². The van der Waals surface area contributed by atoms with Gasteiger partial charge in [0.25, 0.3) is 0 Å². The molecule has 1 fully saturated rings. The van der Waals surface area contributed by atoms with E-state index in [2.05, 4.69) is 24.2 Å². The van der Waals surface area contributed by atoms with E-state index >= 15 is 0 Å². The smallest absolute Gasteiger partial charge is 0.125 e. The number of hydrogen-bond donors (Lipinski definition) is 0. The van der Waals surface area contributed by atoms with Crippen LogP contribution in [0.1, 0.15) is 49.7 Å². The molecule has 3 heteroatoms. The fourth-order valence-corrected chi connectivity index (χ4v) is 2.59. The van der Waals surface area contributed by atoms with Gasteiger partial charge in [0.1, 0.15) is 10.6 Å². The van der Waals surface area contributed by atoms with Gasteiger partial charge < -0.3 is 4.74 Å².